The zero-order valence-corrected chi connectivity index (χ0v) is 12.0. The van der Waals surface area contributed by atoms with Gasteiger partial charge in [-0.05, 0) is 32.0 Å². The van der Waals surface area contributed by atoms with Crippen LogP contribution in [0.4, 0.5) is 0 Å². The summed E-state index contributed by atoms with van der Waals surface area (Å²) in [5.74, 6) is 0.594. The molecule has 2 aromatic rings. The summed E-state index contributed by atoms with van der Waals surface area (Å²) in [6, 6.07) is 7.40. The Morgan fingerprint density at radius 1 is 1.24 bits per heavy atom. The second kappa shape index (κ2) is 5.69. The standard InChI is InChI=1S/C16H19N3O2/c1-21-16-13(14(17)10-6-8-18-9-7-10)11-4-2-3-5-12(11)15(20)19-16/h2-5,10,17-18H,6-9H2,1H3,(H,19,20). The molecule has 21 heavy (non-hydrogen) atoms. The molecule has 0 radical (unpaired) electrons. The third-order valence-electron chi connectivity index (χ3n) is 4.12. The van der Waals surface area contributed by atoms with E-state index in [1.54, 1.807) is 6.07 Å². The number of piperidine rings is 1. The van der Waals surface area contributed by atoms with E-state index >= 15 is 0 Å². The maximum Gasteiger partial charge on any atom is 0.258 e. The van der Waals surface area contributed by atoms with Crippen molar-refractivity contribution in [2.45, 2.75) is 12.8 Å². The van der Waals surface area contributed by atoms with Crippen molar-refractivity contribution in [3.8, 4) is 5.88 Å². The monoisotopic (exact) mass is 285 g/mol. The van der Waals surface area contributed by atoms with E-state index in [0.29, 0.717) is 17.0 Å². The fourth-order valence-electron chi connectivity index (χ4n) is 2.99. The Morgan fingerprint density at radius 2 is 1.90 bits per heavy atom. The van der Waals surface area contributed by atoms with Gasteiger partial charge in [-0.2, -0.15) is 0 Å². The normalized spacial score (nSPS) is 16.0. The molecule has 1 aromatic heterocycles. The van der Waals surface area contributed by atoms with Crippen molar-refractivity contribution in [2.75, 3.05) is 20.2 Å². The summed E-state index contributed by atoms with van der Waals surface area (Å²) in [5.41, 5.74) is 1.10. The van der Waals surface area contributed by atoms with Gasteiger partial charge in [-0.25, -0.2) is 0 Å². The number of aromatic nitrogens is 1. The number of pyridine rings is 1. The van der Waals surface area contributed by atoms with Gasteiger partial charge in [-0.3, -0.25) is 9.78 Å². The molecule has 5 nitrogen and oxygen atoms in total. The van der Waals surface area contributed by atoms with Crippen LogP contribution < -0.4 is 15.6 Å². The molecule has 3 rings (SSSR count). The van der Waals surface area contributed by atoms with Crippen LogP contribution in [0.2, 0.25) is 0 Å². The molecular weight excluding hydrogens is 266 g/mol. The second-order valence-electron chi connectivity index (χ2n) is 5.35. The fraction of sp³-hybridized carbons (Fsp3) is 0.375. The lowest BCUT2D eigenvalue weighted by Crippen LogP contribution is -2.32. The van der Waals surface area contributed by atoms with Crippen LogP contribution in [0.1, 0.15) is 18.4 Å². The molecular formula is C16H19N3O2. The predicted octanol–water partition coefficient (Wildman–Crippen LogP) is 1.90. The molecule has 2 heterocycles. The van der Waals surface area contributed by atoms with Crippen LogP contribution in [0.3, 0.4) is 0 Å². The average molecular weight is 285 g/mol. The minimum absolute atomic E-state index is 0.177. The minimum Gasteiger partial charge on any atom is -0.482 e. The summed E-state index contributed by atoms with van der Waals surface area (Å²) < 4.78 is 5.33. The molecule has 0 unspecified atom stereocenters. The third kappa shape index (κ3) is 2.45. The van der Waals surface area contributed by atoms with E-state index in [9.17, 15) is 4.79 Å². The Hall–Kier alpha value is -2.14. The Kier molecular flexibility index (Phi) is 3.75. The van der Waals surface area contributed by atoms with E-state index in [1.165, 1.54) is 7.11 Å². The summed E-state index contributed by atoms with van der Waals surface area (Å²) in [6.07, 6.45) is 1.88. The van der Waals surface area contributed by atoms with Crippen molar-refractivity contribution in [3.63, 3.8) is 0 Å². The number of hydrogen-bond acceptors (Lipinski definition) is 4. The minimum atomic E-state index is -0.177. The fourth-order valence-corrected chi connectivity index (χ4v) is 2.99. The van der Waals surface area contributed by atoms with E-state index in [2.05, 4.69) is 10.3 Å². The van der Waals surface area contributed by atoms with Crippen LogP contribution in [0.15, 0.2) is 29.1 Å². The van der Waals surface area contributed by atoms with Crippen LogP contribution in [0.25, 0.3) is 10.8 Å². The Labute approximate surface area is 122 Å². The molecule has 1 aliphatic heterocycles. The smallest absolute Gasteiger partial charge is 0.258 e. The molecule has 1 aromatic carbocycles. The highest BCUT2D eigenvalue weighted by molar-refractivity contribution is 6.12. The lowest BCUT2D eigenvalue weighted by Gasteiger charge is -2.24. The predicted molar refractivity (Wildman–Crippen MR) is 83.5 cm³/mol. The van der Waals surface area contributed by atoms with Crippen LogP contribution in [0.5, 0.6) is 5.88 Å². The summed E-state index contributed by atoms with van der Waals surface area (Å²) in [4.78, 5) is 14.8. The Bertz CT molecular complexity index is 730. The number of hydrogen-bond donors (Lipinski definition) is 3. The first-order valence-electron chi connectivity index (χ1n) is 7.21. The van der Waals surface area contributed by atoms with Gasteiger partial charge in [-0.15, -0.1) is 0 Å². The first-order chi connectivity index (χ1) is 10.2. The number of aromatic amines is 1. The number of nitrogens with one attached hydrogen (secondary N) is 3. The maximum absolute atomic E-state index is 12.1. The van der Waals surface area contributed by atoms with Crippen molar-refractivity contribution in [3.05, 3.63) is 40.2 Å². The molecule has 0 atom stereocenters. The van der Waals surface area contributed by atoms with Gasteiger partial charge in [0.1, 0.15) is 0 Å². The molecule has 1 aliphatic rings. The van der Waals surface area contributed by atoms with E-state index in [4.69, 9.17) is 10.1 Å². The van der Waals surface area contributed by atoms with E-state index in [1.807, 2.05) is 18.2 Å². The lowest BCUT2D eigenvalue weighted by molar-refractivity contribution is 0.395. The zero-order chi connectivity index (χ0) is 14.8. The first kappa shape index (κ1) is 13.8. The first-order valence-corrected chi connectivity index (χ1v) is 7.21. The third-order valence-corrected chi connectivity index (χ3v) is 4.12. The highest BCUT2D eigenvalue weighted by atomic mass is 16.5. The van der Waals surface area contributed by atoms with Crippen LogP contribution >= 0.6 is 0 Å². The number of methoxy groups -OCH3 is 1. The summed E-state index contributed by atoms with van der Waals surface area (Å²) in [6.45, 7) is 1.85. The number of rotatable bonds is 3. The van der Waals surface area contributed by atoms with Crippen LogP contribution in [-0.2, 0) is 0 Å². The molecule has 0 spiro atoms. The Balaban J connectivity index is 2.17. The topological polar surface area (TPSA) is 78.0 Å². The molecule has 0 amide bonds. The summed E-state index contributed by atoms with van der Waals surface area (Å²) >= 11 is 0. The zero-order valence-electron chi connectivity index (χ0n) is 12.0. The SMILES string of the molecule is COc1[nH]c(=O)c2ccccc2c1C(=N)C1CCNCC1. The number of H-pyrrole nitrogens is 1. The van der Waals surface area contributed by atoms with Crippen molar-refractivity contribution >= 4 is 16.5 Å². The second-order valence-corrected chi connectivity index (χ2v) is 5.35. The van der Waals surface area contributed by atoms with Gasteiger partial charge >= 0.3 is 0 Å². The van der Waals surface area contributed by atoms with E-state index < -0.39 is 0 Å². The molecule has 1 fully saturated rings. The number of benzene rings is 1. The molecule has 0 bridgehead atoms. The molecule has 1 saturated heterocycles. The highest BCUT2D eigenvalue weighted by Gasteiger charge is 2.24. The average Bonchev–Trinajstić information content (AvgIpc) is 2.55. The van der Waals surface area contributed by atoms with Crippen LogP contribution in [0, 0.1) is 11.3 Å². The van der Waals surface area contributed by atoms with Crippen molar-refractivity contribution in [1.82, 2.24) is 10.3 Å². The van der Waals surface area contributed by atoms with Crippen LogP contribution in [-0.4, -0.2) is 30.9 Å². The number of ether oxygens (including phenoxy) is 1. The molecule has 0 saturated carbocycles. The van der Waals surface area contributed by atoms with Gasteiger partial charge in [0.25, 0.3) is 5.56 Å². The highest BCUT2D eigenvalue weighted by Crippen LogP contribution is 2.28. The maximum atomic E-state index is 12.1. The van der Waals surface area contributed by atoms with E-state index in [-0.39, 0.29) is 11.5 Å². The molecule has 0 aliphatic carbocycles. The van der Waals surface area contributed by atoms with Crippen molar-refractivity contribution in [1.29, 1.82) is 5.41 Å². The van der Waals surface area contributed by atoms with Gasteiger partial charge in [-0.1, -0.05) is 18.2 Å². The van der Waals surface area contributed by atoms with Gasteiger partial charge in [0.15, 0.2) is 0 Å². The lowest BCUT2D eigenvalue weighted by atomic mass is 9.87. The molecule has 110 valence electrons. The summed E-state index contributed by atoms with van der Waals surface area (Å²) in [5, 5.41) is 13.3. The van der Waals surface area contributed by atoms with Gasteiger partial charge in [0, 0.05) is 22.4 Å². The molecule has 5 heteroatoms. The van der Waals surface area contributed by atoms with Gasteiger partial charge in [0.05, 0.1) is 12.7 Å². The quantitative estimate of drug-likeness (QED) is 0.754. The van der Waals surface area contributed by atoms with Crippen molar-refractivity contribution < 1.29 is 4.74 Å². The Morgan fingerprint density at radius 3 is 2.57 bits per heavy atom. The van der Waals surface area contributed by atoms with Gasteiger partial charge in [0.2, 0.25) is 5.88 Å². The van der Waals surface area contributed by atoms with Gasteiger partial charge < -0.3 is 15.5 Å². The number of fused-ring (bicyclic) bond motifs is 1. The van der Waals surface area contributed by atoms with E-state index in [0.717, 1.165) is 36.9 Å². The summed E-state index contributed by atoms with van der Waals surface area (Å²) in [7, 11) is 1.53. The largest absolute Gasteiger partial charge is 0.482 e. The molecule has 3 N–H and O–H groups in total. The van der Waals surface area contributed by atoms with Crippen molar-refractivity contribution in [2.24, 2.45) is 5.92 Å².